The van der Waals surface area contributed by atoms with Gasteiger partial charge in [0.15, 0.2) is 11.4 Å². The molecule has 25 heavy (non-hydrogen) atoms. The third kappa shape index (κ3) is 5.04. The summed E-state index contributed by atoms with van der Waals surface area (Å²) in [5.74, 6) is 0.743. The van der Waals surface area contributed by atoms with Crippen molar-refractivity contribution in [1.82, 2.24) is 9.38 Å². The molecule has 1 atom stereocenters. The zero-order valence-electron chi connectivity index (χ0n) is 13.0. The van der Waals surface area contributed by atoms with Crippen LogP contribution in [0.15, 0.2) is 53.8 Å². The van der Waals surface area contributed by atoms with E-state index in [4.69, 9.17) is 22.1 Å². The Bertz CT molecular complexity index is 837. The van der Waals surface area contributed by atoms with Gasteiger partial charge in [0.1, 0.15) is 6.04 Å². The average Bonchev–Trinajstić information content (AvgIpc) is 3.02. The second kappa shape index (κ2) is 7.99. The molecule has 9 heteroatoms. The Morgan fingerprint density at radius 3 is 2.48 bits per heavy atom. The van der Waals surface area contributed by atoms with Crippen molar-refractivity contribution in [2.45, 2.75) is 17.1 Å². The number of pyridine rings is 1. The summed E-state index contributed by atoms with van der Waals surface area (Å²) in [5.41, 5.74) is 5.78. The van der Waals surface area contributed by atoms with Gasteiger partial charge >= 0.3 is 6.18 Å². The molecule has 0 aliphatic rings. The molecule has 134 valence electrons. The minimum Gasteiger partial charge on any atom is -0.493 e. The van der Waals surface area contributed by atoms with Gasteiger partial charge in [-0.1, -0.05) is 23.7 Å². The maximum atomic E-state index is 12.1. The molecule has 2 heterocycles. The Kier molecular flexibility index (Phi) is 6.21. The lowest BCUT2D eigenvalue weighted by atomic mass is 10.1. The summed E-state index contributed by atoms with van der Waals surface area (Å²) < 4.78 is 43.2. The van der Waals surface area contributed by atoms with E-state index in [2.05, 4.69) is 17.6 Å². The molecule has 0 radical (unpaired) electrons. The summed E-state index contributed by atoms with van der Waals surface area (Å²) in [6.45, 7) is 0. The first-order chi connectivity index (χ1) is 11.7. The Balaban J connectivity index is 0.000000181. The SMILES string of the molecule is COc1cc(S)cn2ccnc12.N[C@H](c1ccc(Cl)cc1)C(F)(F)F. The van der Waals surface area contributed by atoms with Crippen LogP contribution in [0.5, 0.6) is 5.75 Å². The number of hydrogen-bond donors (Lipinski definition) is 2. The lowest BCUT2D eigenvalue weighted by Gasteiger charge is -2.15. The van der Waals surface area contributed by atoms with E-state index in [0.717, 1.165) is 16.3 Å². The molecule has 2 N–H and O–H groups in total. The minimum absolute atomic E-state index is 0.0110. The van der Waals surface area contributed by atoms with Gasteiger partial charge in [0.05, 0.1) is 7.11 Å². The van der Waals surface area contributed by atoms with Gasteiger partial charge in [-0.2, -0.15) is 13.2 Å². The van der Waals surface area contributed by atoms with E-state index in [0.29, 0.717) is 5.02 Å². The number of rotatable bonds is 2. The predicted octanol–water partition coefficient (Wildman–Crippen LogP) is 4.53. The van der Waals surface area contributed by atoms with Crippen LogP contribution in [-0.4, -0.2) is 22.7 Å². The number of nitrogens with zero attached hydrogens (tertiary/aromatic N) is 2. The van der Waals surface area contributed by atoms with Crippen LogP contribution in [0, 0.1) is 0 Å². The molecule has 2 aromatic heterocycles. The second-order valence-corrected chi connectivity index (χ2v) is 5.95. The second-order valence-electron chi connectivity index (χ2n) is 5.00. The van der Waals surface area contributed by atoms with Crippen molar-refractivity contribution >= 4 is 29.9 Å². The van der Waals surface area contributed by atoms with E-state index in [1.807, 2.05) is 22.9 Å². The number of aromatic nitrogens is 2. The van der Waals surface area contributed by atoms with E-state index in [1.54, 1.807) is 13.3 Å². The molecule has 1 aromatic carbocycles. The highest BCUT2D eigenvalue weighted by Crippen LogP contribution is 2.30. The van der Waals surface area contributed by atoms with Gasteiger partial charge < -0.3 is 14.9 Å². The topological polar surface area (TPSA) is 52.5 Å². The number of methoxy groups -OCH3 is 1. The van der Waals surface area contributed by atoms with Gasteiger partial charge in [0.25, 0.3) is 0 Å². The average molecular weight is 390 g/mol. The number of halogens is 4. The zero-order chi connectivity index (χ0) is 18.6. The fourth-order valence-corrected chi connectivity index (χ4v) is 2.36. The monoisotopic (exact) mass is 389 g/mol. The third-order valence-electron chi connectivity index (χ3n) is 3.24. The van der Waals surface area contributed by atoms with Gasteiger partial charge in [0.2, 0.25) is 0 Å². The van der Waals surface area contributed by atoms with Crippen molar-refractivity contribution in [3.63, 3.8) is 0 Å². The van der Waals surface area contributed by atoms with Crippen LogP contribution < -0.4 is 10.5 Å². The highest BCUT2D eigenvalue weighted by molar-refractivity contribution is 7.80. The Morgan fingerprint density at radius 1 is 1.28 bits per heavy atom. The number of ether oxygens (including phenoxy) is 1. The lowest BCUT2D eigenvalue weighted by molar-refractivity contribution is -0.149. The van der Waals surface area contributed by atoms with E-state index in [9.17, 15) is 13.2 Å². The van der Waals surface area contributed by atoms with Crippen LogP contribution in [0.3, 0.4) is 0 Å². The fraction of sp³-hybridized carbons (Fsp3) is 0.188. The zero-order valence-corrected chi connectivity index (χ0v) is 14.7. The first kappa shape index (κ1) is 19.4. The van der Waals surface area contributed by atoms with Crippen molar-refractivity contribution in [2.24, 2.45) is 5.73 Å². The van der Waals surface area contributed by atoms with Crippen LogP contribution in [0.4, 0.5) is 13.2 Å². The molecular formula is C16H15ClF3N3OS. The molecule has 3 rings (SSSR count). The summed E-state index contributed by atoms with van der Waals surface area (Å²) in [4.78, 5) is 4.99. The van der Waals surface area contributed by atoms with Gasteiger partial charge in [-0.3, -0.25) is 0 Å². The van der Waals surface area contributed by atoms with Crippen molar-refractivity contribution in [1.29, 1.82) is 0 Å². The summed E-state index contributed by atoms with van der Waals surface area (Å²) in [7, 11) is 1.62. The molecule has 0 fully saturated rings. The van der Waals surface area contributed by atoms with Gasteiger partial charge in [-0.15, -0.1) is 12.6 Å². The number of fused-ring (bicyclic) bond motifs is 1. The molecule has 0 amide bonds. The summed E-state index contributed by atoms with van der Waals surface area (Å²) in [6, 6.07) is 5.18. The number of thiol groups is 1. The van der Waals surface area contributed by atoms with E-state index >= 15 is 0 Å². The Labute approximate surface area is 152 Å². The molecule has 0 aliphatic carbocycles. The van der Waals surface area contributed by atoms with Crippen molar-refractivity contribution in [3.8, 4) is 5.75 Å². The summed E-state index contributed by atoms with van der Waals surface area (Å²) >= 11 is 9.74. The molecule has 4 nitrogen and oxygen atoms in total. The smallest absolute Gasteiger partial charge is 0.407 e. The Morgan fingerprint density at radius 2 is 1.92 bits per heavy atom. The molecule has 0 saturated carbocycles. The first-order valence-electron chi connectivity index (χ1n) is 7.00. The molecule has 3 aromatic rings. The molecule has 0 spiro atoms. The number of imidazole rings is 1. The van der Waals surface area contributed by atoms with E-state index < -0.39 is 12.2 Å². The summed E-state index contributed by atoms with van der Waals surface area (Å²) in [6.07, 6.45) is 1.06. The number of benzene rings is 1. The van der Waals surface area contributed by atoms with Crippen molar-refractivity contribution < 1.29 is 17.9 Å². The largest absolute Gasteiger partial charge is 0.493 e. The quantitative estimate of drug-likeness (QED) is 0.633. The molecule has 0 unspecified atom stereocenters. The maximum absolute atomic E-state index is 12.1. The van der Waals surface area contributed by atoms with Gasteiger partial charge in [-0.05, 0) is 23.8 Å². The number of nitrogens with two attached hydrogens (primary N) is 1. The van der Waals surface area contributed by atoms with Crippen LogP contribution >= 0.6 is 24.2 Å². The first-order valence-corrected chi connectivity index (χ1v) is 7.82. The fourth-order valence-electron chi connectivity index (χ4n) is 2.00. The predicted molar refractivity (Wildman–Crippen MR) is 93.4 cm³/mol. The highest BCUT2D eigenvalue weighted by Gasteiger charge is 2.37. The number of hydrogen-bond acceptors (Lipinski definition) is 4. The minimum atomic E-state index is -4.41. The number of alkyl halides is 3. The van der Waals surface area contributed by atoms with Crippen LogP contribution in [0.2, 0.25) is 5.02 Å². The third-order valence-corrected chi connectivity index (χ3v) is 3.74. The van der Waals surface area contributed by atoms with E-state index in [1.165, 1.54) is 24.3 Å². The standard InChI is InChI=1S/C8H7ClF3N.C8H8N2OS/c9-6-3-1-5(2-4-6)7(13)8(10,11)12;1-11-7-4-6(12)5-10-3-2-9-8(7)10/h1-4,7H,13H2;2-5,12H,1H3/t7-;/m1./s1. The van der Waals surface area contributed by atoms with E-state index in [-0.39, 0.29) is 5.56 Å². The molecule has 0 bridgehead atoms. The van der Waals surface area contributed by atoms with Gasteiger partial charge in [-0.25, -0.2) is 4.98 Å². The summed E-state index contributed by atoms with van der Waals surface area (Å²) in [5, 5.41) is 0.387. The van der Waals surface area contributed by atoms with Crippen molar-refractivity contribution in [3.05, 3.63) is 59.5 Å². The van der Waals surface area contributed by atoms with Gasteiger partial charge in [0, 0.05) is 28.5 Å². The molecule has 0 saturated heterocycles. The highest BCUT2D eigenvalue weighted by atomic mass is 35.5. The maximum Gasteiger partial charge on any atom is 0.407 e. The molecular weight excluding hydrogens is 375 g/mol. The van der Waals surface area contributed by atoms with Crippen LogP contribution in [0.25, 0.3) is 5.65 Å². The molecule has 0 aliphatic heterocycles. The van der Waals surface area contributed by atoms with Crippen LogP contribution in [-0.2, 0) is 0 Å². The lowest BCUT2D eigenvalue weighted by Crippen LogP contribution is -2.28. The van der Waals surface area contributed by atoms with Crippen molar-refractivity contribution in [2.75, 3.05) is 7.11 Å². The normalized spacial score (nSPS) is 12.4. The van der Waals surface area contributed by atoms with Crippen LogP contribution in [0.1, 0.15) is 11.6 Å². The Hall–Kier alpha value is -1.90.